The van der Waals surface area contributed by atoms with Gasteiger partial charge in [-0.3, -0.25) is 4.79 Å². The topological polar surface area (TPSA) is 35.5 Å². The van der Waals surface area contributed by atoms with Crippen LogP contribution in [-0.4, -0.2) is 25.8 Å². The van der Waals surface area contributed by atoms with E-state index in [2.05, 4.69) is 13.8 Å². The van der Waals surface area contributed by atoms with Crippen LogP contribution in [0.5, 0.6) is 0 Å². The van der Waals surface area contributed by atoms with Crippen LogP contribution in [0.15, 0.2) is 0 Å². The molecule has 0 saturated carbocycles. The van der Waals surface area contributed by atoms with Crippen molar-refractivity contribution in [2.24, 2.45) is 0 Å². The molecule has 0 fully saturated rings. The standard InChI is InChI=1S/C12H24O3/c1-3-5-8-12(13)15-11-7-6-10-14-9-4-2/h3-11H2,1-2H3. The van der Waals surface area contributed by atoms with Crippen molar-refractivity contribution in [1.29, 1.82) is 0 Å². The molecule has 0 aliphatic heterocycles. The molecule has 90 valence electrons. The van der Waals surface area contributed by atoms with E-state index < -0.39 is 0 Å². The maximum atomic E-state index is 11.1. The summed E-state index contributed by atoms with van der Waals surface area (Å²) in [7, 11) is 0. The molecule has 3 heteroatoms. The zero-order valence-electron chi connectivity index (χ0n) is 10.1. The van der Waals surface area contributed by atoms with E-state index in [0.717, 1.165) is 45.3 Å². The summed E-state index contributed by atoms with van der Waals surface area (Å²) < 4.78 is 10.4. The molecule has 3 nitrogen and oxygen atoms in total. The minimum atomic E-state index is -0.0636. The van der Waals surface area contributed by atoms with Gasteiger partial charge in [0, 0.05) is 19.6 Å². The number of ether oxygens (including phenoxy) is 2. The smallest absolute Gasteiger partial charge is 0.305 e. The zero-order valence-corrected chi connectivity index (χ0v) is 10.1. The number of rotatable bonds is 10. The van der Waals surface area contributed by atoms with Crippen LogP contribution in [0.1, 0.15) is 52.4 Å². The molecular weight excluding hydrogens is 192 g/mol. The van der Waals surface area contributed by atoms with Gasteiger partial charge in [0.2, 0.25) is 0 Å². The molecule has 0 bridgehead atoms. The van der Waals surface area contributed by atoms with Crippen LogP contribution in [0.25, 0.3) is 0 Å². The molecule has 0 atom stereocenters. The summed E-state index contributed by atoms with van der Waals surface area (Å²) in [5.41, 5.74) is 0. The van der Waals surface area contributed by atoms with Gasteiger partial charge in [0.1, 0.15) is 0 Å². The molecule has 0 aromatic rings. The first kappa shape index (κ1) is 14.4. The van der Waals surface area contributed by atoms with Gasteiger partial charge in [-0.25, -0.2) is 0 Å². The second-order valence-corrected chi connectivity index (χ2v) is 3.64. The Morgan fingerprint density at radius 3 is 2.33 bits per heavy atom. The molecule has 0 unspecified atom stereocenters. The molecule has 0 radical (unpaired) electrons. The molecule has 0 N–H and O–H groups in total. The Labute approximate surface area is 93.1 Å². The predicted molar refractivity (Wildman–Crippen MR) is 60.8 cm³/mol. The fourth-order valence-electron chi connectivity index (χ4n) is 1.13. The molecule has 0 amide bonds. The molecule has 0 aliphatic rings. The Bertz CT molecular complexity index is 146. The molecule has 0 aromatic carbocycles. The van der Waals surface area contributed by atoms with E-state index >= 15 is 0 Å². The lowest BCUT2D eigenvalue weighted by molar-refractivity contribution is -0.143. The van der Waals surface area contributed by atoms with Crippen LogP contribution in [0.3, 0.4) is 0 Å². The third-order valence-corrected chi connectivity index (χ3v) is 2.03. The van der Waals surface area contributed by atoms with Gasteiger partial charge in [-0.2, -0.15) is 0 Å². The van der Waals surface area contributed by atoms with Crippen molar-refractivity contribution in [2.75, 3.05) is 19.8 Å². The van der Waals surface area contributed by atoms with Crippen molar-refractivity contribution in [3.63, 3.8) is 0 Å². The number of carbonyl (C=O) groups is 1. The van der Waals surface area contributed by atoms with Crippen molar-refractivity contribution in [3.05, 3.63) is 0 Å². The minimum absolute atomic E-state index is 0.0636. The normalized spacial score (nSPS) is 10.3. The largest absolute Gasteiger partial charge is 0.466 e. The second kappa shape index (κ2) is 11.5. The monoisotopic (exact) mass is 216 g/mol. The Morgan fingerprint density at radius 1 is 0.933 bits per heavy atom. The van der Waals surface area contributed by atoms with E-state index in [1.807, 2.05) is 0 Å². The average Bonchev–Trinajstić information content (AvgIpc) is 2.25. The number of hydrogen-bond acceptors (Lipinski definition) is 3. The summed E-state index contributed by atoms with van der Waals surface area (Å²) in [6.07, 6.45) is 5.47. The van der Waals surface area contributed by atoms with Crippen LogP contribution in [0, 0.1) is 0 Å². The molecule has 0 saturated heterocycles. The summed E-state index contributed by atoms with van der Waals surface area (Å²) in [4.78, 5) is 11.1. The van der Waals surface area contributed by atoms with Crippen molar-refractivity contribution in [3.8, 4) is 0 Å². The number of unbranched alkanes of at least 4 members (excludes halogenated alkanes) is 2. The maximum Gasteiger partial charge on any atom is 0.305 e. The highest BCUT2D eigenvalue weighted by Gasteiger charge is 2.00. The van der Waals surface area contributed by atoms with Crippen molar-refractivity contribution < 1.29 is 14.3 Å². The first-order valence-electron chi connectivity index (χ1n) is 6.04. The van der Waals surface area contributed by atoms with Crippen LogP contribution in [0.4, 0.5) is 0 Å². The number of esters is 1. The van der Waals surface area contributed by atoms with Crippen LogP contribution in [-0.2, 0) is 14.3 Å². The Kier molecular flexibility index (Phi) is 11.1. The summed E-state index contributed by atoms with van der Waals surface area (Å²) >= 11 is 0. The fraction of sp³-hybridized carbons (Fsp3) is 0.917. The van der Waals surface area contributed by atoms with Gasteiger partial charge in [0.05, 0.1) is 6.61 Å². The first-order chi connectivity index (χ1) is 7.31. The first-order valence-corrected chi connectivity index (χ1v) is 6.04. The lowest BCUT2D eigenvalue weighted by Gasteiger charge is -2.04. The summed E-state index contributed by atoms with van der Waals surface area (Å²) in [5, 5.41) is 0. The molecule has 15 heavy (non-hydrogen) atoms. The van der Waals surface area contributed by atoms with E-state index in [-0.39, 0.29) is 5.97 Å². The summed E-state index contributed by atoms with van der Waals surface area (Å²) in [6.45, 7) is 6.31. The second-order valence-electron chi connectivity index (χ2n) is 3.64. The average molecular weight is 216 g/mol. The van der Waals surface area contributed by atoms with Gasteiger partial charge in [-0.05, 0) is 25.7 Å². The summed E-state index contributed by atoms with van der Waals surface area (Å²) in [5.74, 6) is -0.0636. The third-order valence-electron chi connectivity index (χ3n) is 2.03. The summed E-state index contributed by atoms with van der Waals surface area (Å²) in [6, 6.07) is 0. The van der Waals surface area contributed by atoms with E-state index in [4.69, 9.17) is 9.47 Å². The van der Waals surface area contributed by atoms with Gasteiger partial charge < -0.3 is 9.47 Å². The van der Waals surface area contributed by atoms with E-state index in [1.54, 1.807) is 0 Å². The van der Waals surface area contributed by atoms with Crippen molar-refractivity contribution in [1.82, 2.24) is 0 Å². The third kappa shape index (κ3) is 11.4. The molecule has 0 rings (SSSR count). The van der Waals surface area contributed by atoms with Gasteiger partial charge in [0.25, 0.3) is 0 Å². The highest BCUT2D eigenvalue weighted by atomic mass is 16.5. The van der Waals surface area contributed by atoms with Crippen LogP contribution in [0.2, 0.25) is 0 Å². The van der Waals surface area contributed by atoms with Crippen LogP contribution >= 0.6 is 0 Å². The SMILES string of the molecule is CCCCC(=O)OCCCCOCCC. The minimum Gasteiger partial charge on any atom is -0.466 e. The Balaban J connectivity index is 3.06. The molecule has 0 spiro atoms. The van der Waals surface area contributed by atoms with E-state index in [1.165, 1.54) is 0 Å². The quantitative estimate of drug-likeness (QED) is 0.416. The molecule has 0 heterocycles. The highest BCUT2D eigenvalue weighted by Crippen LogP contribution is 1.98. The predicted octanol–water partition coefficient (Wildman–Crippen LogP) is 2.93. The highest BCUT2D eigenvalue weighted by molar-refractivity contribution is 5.69. The molecular formula is C12H24O3. The van der Waals surface area contributed by atoms with Gasteiger partial charge in [-0.1, -0.05) is 20.3 Å². The van der Waals surface area contributed by atoms with Crippen LogP contribution < -0.4 is 0 Å². The van der Waals surface area contributed by atoms with E-state index in [9.17, 15) is 4.79 Å². The molecule has 0 aliphatic carbocycles. The van der Waals surface area contributed by atoms with Gasteiger partial charge in [-0.15, -0.1) is 0 Å². The lowest BCUT2D eigenvalue weighted by atomic mass is 10.2. The Morgan fingerprint density at radius 2 is 1.67 bits per heavy atom. The van der Waals surface area contributed by atoms with Gasteiger partial charge in [0.15, 0.2) is 0 Å². The Hall–Kier alpha value is -0.570. The number of hydrogen-bond donors (Lipinski definition) is 0. The number of carbonyl (C=O) groups excluding carboxylic acids is 1. The lowest BCUT2D eigenvalue weighted by Crippen LogP contribution is -2.06. The van der Waals surface area contributed by atoms with E-state index in [0.29, 0.717) is 13.0 Å². The zero-order chi connectivity index (χ0) is 11.4. The van der Waals surface area contributed by atoms with Gasteiger partial charge >= 0.3 is 5.97 Å². The van der Waals surface area contributed by atoms with Crippen molar-refractivity contribution >= 4 is 5.97 Å². The molecule has 0 aromatic heterocycles. The van der Waals surface area contributed by atoms with Crippen molar-refractivity contribution in [2.45, 2.75) is 52.4 Å². The maximum absolute atomic E-state index is 11.1. The fourth-order valence-corrected chi connectivity index (χ4v) is 1.13.